The highest BCUT2D eigenvalue weighted by Gasteiger charge is 2.23. The molecule has 0 aliphatic carbocycles. The van der Waals surface area contributed by atoms with Gasteiger partial charge in [0.05, 0.1) is 0 Å². The summed E-state index contributed by atoms with van der Waals surface area (Å²) in [4.78, 5) is 45.2. The minimum absolute atomic E-state index is 0.261. The second-order valence-electron chi connectivity index (χ2n) is 4.25. The largest absolute Gasteiger partial charge is 0.480 e. The van der Waals surface area contributed by atoms with Gasteiger partial charge < -0.3 is 10.4 Å². The maximum atomic E-state index is 11.2. The minimum atomic E-state index is -1.09. The number of rotatable bonds is 7. The summed E-state index contributed by atoms with van der Waals surface area (Å²) in [6.45, 7) is 1.51. The minimum Gasteiger partial charge on any atom is -0.480 e. The second-order valence-corrected chi connectivity index (χ2v) is 4.25. The third kappa shape index (κ3) is 4.53. The van der Waals surface area contributed by atoms with Crippen molar-refractivity contribution in [3.05, 3.63) is 12.2 Å². The fourth-order valence-electron chi connectivity index (χ4n) is 1.77. The van der Waals surface area contributed by atoms with Gasteiger partial charge in [0.2, 0.25) is 5.91 Å². The summed E-state index contributed by atoms with van der Waals surface area (Å²) in [7, 11) is 0. The summed E-state index contributed by atoms with van der Waals surface area (Å²) < 4.78 is 0. The molecule has 3 amide bonds. The van der Waals surface area contributed by atoms with E-state index in [1.807, 2.05) is 0 Å². The van der Waals surface area contributed by atoms with Gasteiger partial charge in [-0.25, -0.2) is 4.79 Å². The van der Waals surface area contributed by atoms with Crippen LogP contribution in [0.2, 0.25) is 0 Å². The molecule has 0 fully saturated rings. The first kappa shape index (κ1) is 14.9. The van der Waals surface area contributed by atoms with Gasteiger partial charge in [-0.2, -0.15) is 0 Å². The van der Waals surface area contributed by atoms with Crippen LogP contribution in [-0.2, 0) is 19.2 Å². The lowest BCUT2D eigenvalue weighted by Gasteiger charge is -2.15. The van der Waals surface area contributed by atoms with Crippen LogP contribution in [0.3, 0.4) is 0 Å². The Bertz CT molecular complexity index is 412. The van der Waals surface area contributed by atoms with E-state index >= 15 is 0 Å². The van der Waals surface area contributed by atoms with E-state index in [9.17, 15) is 19.2 Å². The number of nitrogens with zero attached hydrogens (tertiary/aromatic N) is 1. The molecule has 7 nitrogen and oxygen atoms in total. The first-order chi connectivity index (χ1) is 8.91. The monoisotopic (exact) mass is 268 g/mol. The van der Waals surface area contributed by atoms with Gasteiger partial charge in [0.1, 0.15) is 6.04 Å². The lowest BCUT2D eigenvalue weighted by Crippen LogP contribution is -2.39. The van der Waals surface area contributed by atoms with Crippen molar-refractivity contribution in [3.63, 3.8) is 0 Å². The zero-order valence-corrected chi connectivity index (χ0v) is 10.6. The number of unbranched alkanes of at least 4 members (excludes halogenated alkanes) is 1. The van der Waals surface area contributed by atoms with Crippen LogP contribution >= 0.6 is 0 Å². The van der Waals surface area contributed by atoms with Gasteiger partial charge in [-0.1, -0.05) is 0 Å². The lowest BCUT2D eigenvalue weighted by molar-refractivity contribution is -0.142. The lowest BCUT2D eigenvalue weighted by atomic mass is 10.1. The maximum absolute atomic E-state index is 11.2. The zero-order valence-electron chi connectivity index (χ0n) is 10.6. The van der Waals surface area contributed by atoms with Crippen LogP contribution < -0.4 is 5.32 Å². The van der Waals surface area contributed by atoms with Gasteiger partial charge in [0.15, 0.2) is 0 Å². The van der Waals surface area contributed by atoms with Crippen LogP contribution in [0.1, 0.15) is 26.2 Å². The fourth-order valence-corrected chi connectivity index (χ4v) is 1.77. The predicted molar refractivity (Wildman–Crippen MR) is 65.0 cm³/mol. The molecule has 1 atom stereocenters. The molecule has 0 bridgehead atoms. The molecule has 7 heteroatoms. The van der Waals surface area contributed by atoms with Gasteiger partial charge in [-0.15, -0.1) is 0 Å². The number of amides is 3. The Balaban J connectivity index is 2.29. The zero-order chi connectivity index (χ0) is 14.4. The standard InChI is InChI=1S/C12H16N2O5/c1-8(15)13-9(12(18)19)4-2-3-7-14-10(16)5-6-11(14)17/h5-6,9H,2-4,7H2,1H3,(H,13,15)(H,18,19)/t9-/m0/s1. The summed E-state index contributed by atoms with van der Waals surface area (Å²) >= 11 is 0. The van der Waals surface area contributed by atoms with Crippen molar-refractivity contribution in [1.29, 1.82) is 0 Å². The molecule has 0 aromatic heterocycles. The summed E-state index contributed by atoms with van der Waals surface area (Å²) in [6.07, 6.45) is 3.68. The molecule has 1 heterocycles. The van der Waals surface area contributed by atoms with Crippen molar-refractivity contribution >= 4 is 23.7 Å². The number of carbonyl (C=O) groups excluding carboxylic acids is 3. The molecule has 0 unspecified atom stereocenters. The summed E-state index contributed by atoms with van der Waals surface area (Å²) in [6, 6.07) is -0.930. The topological polar surface area (TPSA) is 104 Å². The second kappa shape index (κ2) is 6.67. The van der Waals surface area contributed by atoms with Crippen LogP contribution in [0.15, 0.2) is 12.2 Å². The number of carbonyl (C=O) groups is 4. The van der Waals surface area contributed by atoms with Crippen LogP contribution in [0.4, 0.5) is 0 Å². The maximum Gasteiger partial charge on any atom is 0.326 e. The molecule has 0 saturated carbocycles. The first-order valence-corrected chi connectivity index (χ1v) is 5.95. The van der Waals surface area contributed by atoms with Crippen molar-refractivity contribution in [3.8, 4) is 0 Å². The molecule has 104 valence electrons. The highest BCUT2D eigenvalue weighted by molar-refractivity contribution is 6.12. The first-order valence-electron chi connectivity index (χ1n) is 5.95. The van der Waals surface area contributed by atoms with Crippen molar-refractivity contribution < 1.29 is 24.3 Å². The highest BCUT2D eigenvalue weighted by Crippen LogP contribution is 2.08. The van der Waals surface area contributed by atoms with E-state index in [1.54, 1.807) is 0 Å². The molecule has 2 N–H and O–H groups in total. The Morgan fingerprint density at radius 1 is 1.26 bits per heavy atom. The Labute approximate surface area is 110 Å². The molecule has 0 radical (unpaired) electrons. The van der Waals surface area contributed by atoms with E-state index in [4.69, 9.17) is 5.11 Å². The molecule has 1 aliphatic rings. The summed E-state index contributed by atoms with van der Waals surface area (Å²) in [5.74, 6) is -2.19. The number of nitrogens with one attached hydrogen (secondary N) is 1. The van der Waals surface area contributed by atoms with Crippen LogP contribution in [0, 0.1) is 0 Å². The number of aliphatic carboxylic acids is 1. The van der Waals surface area contributed by atoms with E-state index in [2.05, 4.69) is 5.32 Å². The van der Waals surface area contributed by atoms with Crippen molar-refractivity contribution in [1.82, 2.24) is 10.2 Å². The molecule has 1 aliphatic heterocycles. The van der Waals surface area contributed by atoms with Crippen molar-refractivity contribution in [2.24, 2.45) is 0 Å². The highest BCUT2D eigenvalue weighted by atomic mass is 16.4. The summed E-state index contributed by atoms with van der Waals surface area (Å²) in [5, 5.41) is 11.2. The Hall–Kier alpha value is -2.18. The SMILES string of the molecule is CC(=O)N[C@@H](CCCCN1C(=O)C=CC1=O)C(=O)O. The molecule has 0 saturated heterocycles. The molecule has 1 rings (SSSR count). The van der Waals surface area contributed by atoms with E-state index in [1.165, 1.54) is 19.1 Å². The summed E-state index contributed by atoms with van der Waals surface area (Å²) in [5.41, 5.74) is 0. The molecule has 0 spiro atoms. The average Bonchev–Trinajstić information content (AvgIpc) is 2.63. The number of imide groups is 1. The quantitative estimate of drug-likeness (QED) is 0.486. The third-order valence-corrected chi connectivity index (χ3v) is 2.70. The number of carboxylic acid groups (broad SMARTS) is 1. The Kier molecular flexibility index (Phi) is 5.23. The van der Waals surface area contributed by atoms with E-state index in [-0.39, 0.29) is 24.8 Å². The third-order valence-electron chi connectivity index (χ3n) is 2.70. The van der Waals surface area contributed by atoms with Gasteiger partial charge in [0, 0.05) is 25.6 Å². The number of hydrogen-bond acceptors (Lipinski definition) is 4. The average molecular weight is 268 g/mol. The predicted octanol–water partition coefficient (Wildman–Crippen LogP) is -0.329. The fraction of sp³-hybridized carbons (Fsp3) is 0.500. The molecule has 0 aromatic rings. The Morgan fingerprint density at radius 3 is 2.32 bits per heavy atom. The van der Waals surface area contributed by atoms with Crippen molar-refractivity contribution in [2.45, 2.75) is 32.2 Å². The smallest absolute Gasteiger partial charge is 0.326 e. The van der Waals surface area contributed by atoms with Crippen LogP contribution in [0.25, 0.3) is 0 Å². The van der Waals surface area contributed by atoms with Crippen molar-refractivity contribution in [2.75, 3.05) is 6.54 Å². The van der Waals surface area contributed by atoms with Gasteiger partial charge >= 0.3 is 5.97 Å². The van der Waals surface area contributed by atoms with E-state index < -0.39 is 17.9 Å². The molecule has 19 heavy (non-hydrogen) atoms. The van der Waals surface area contributed by atoms with Gasteiger partial charge in [-0.05, 0) is 19.3 Å². The van der Waals surface area contributed by atoms with Gasteiger partial charge in [0.25, 0.3) is 11.8 Å². The van der Waals surface area contributed by atoms with E-state index in [0.717, 1.165) is 4.90 Å². The normalized spacial score (nSPS) is 15.7. The molecular weight excluding hydrogens is 252 g/mol. The molecule has 0 aromatic carbocycles. The number of carboxylic acids is 1. The van der Waals surface area contributed by atoms with Gasteiger partial charge in [-0.3, -0.25) is 19.3 Å². The van der Waals surface area contributed by atoms with Crippen LogP contribution in [0.5, 0.6) is 0 Å². The van der Waals surface area contributed by atoms with E-state index in [0.29, 0.717) is 12.8 Å². The number of hydrogen-bond donors (Lipinski definition) is 2. The molecular formula is C12H16N2O5. The van der Waals surface area contributed by atoms with Crippen LogP contribution in [-0.4, -0.2) is 46.3 Å². The Morgan fingerprint density at radius 2 is 1.84 bits per heavy atom.